The van der Waals surface area contributed by atoms with Crippen molar-refractivity contribution < 1.29 is 14.1 Å². The van der Waals surface area contributed by atoms with Gasteiger partial charge >= 0.3 is 0 Å². The third-order valence-electron chi connectivity index (χ3n) is 5.33. The molecule has 1 amide bonds. The average Bonchev–Trinajstić information content (AvgIpc) is 3.55. The lowest BCUT2D eigenvalue weighted by Gasteiger charge is -2.16. The van der Waals surface area contributed by atoms with Crippen LogP contribution in [-0.4, -0.2) is 26.0 Å². The van der Waals surface area contributed by atoms with Crippen LogP contribution in [0.2, 0.25) is 0 Å². The summed E-state index contributed by atoms with van der Waals surface area (Å²) in [6, 6.07) is 9.05. The van der Waals surface area contributed by atoms with Crippen LogP contribution >= 0.6 is 0 Å². The number of nitrogens with zero attached hydrogens (tertiary/aromatic N) is 4. The monoisotopic (exact) mass is 443 g/mol. The van der Waals surface area contributed by atoms with Gasteiger partial charge in [-0.1, -0.05) is 32.0 Å². The molecule has 33 heavy (non-hydrogen) atoms. The van der Waals surface area contributed by atoms with Crippen LogP contribution in [0.4, 0.5) is 5.69 Å². The molecule has 1 N–H and O–H groups in total. The van der Waals surface area contributed by atoms with Crippen LogP contribution in [0.5, 0.6) is 11.6 Å². The van der Waals surface area contributed by atoms with Gasteiger partial charge in [-0.05, 0) is 42.9 Å². The van der Waals surface area contributed by atoms with Crippen LogP contribution in [0, 0.1) is 5.41 Å². The summed E-state index contributed by atoms with van der Waals surface area (Å²) in [7, 11) is 0. The number of fused-ring (bicyclic) bond motifs is 1. The van der Waals surface area contributed by atoms with E-state index in [0.717, 1.165) is 24.2 Å². The first-order valence-electron chi connectivity index (χ1n) is 11.0. The molecular weight excluding hydrogens is 418 g/mol. The molecule has 1 saturated carbocycles. The highest BCUT2D eigenvalue weighted by Crippen LogP contribution is 2.41. The Balaban J connectivity index is 1.46. The van der Waals surface area contributed by atoms with Gasteiger partial charge in [0.05, 0.1) is 22.8 Å². The molecule has 0 radical (unpaired) electrons. The molecule has 1 aliphatic rings. The van der Waals surface area contributed by atoms with Crippen molar-refractivity contribution in [2.75, 3.05) is 5.32 Å². The first-order valence-corrected chi connectivity index (χ1v) is 11.0. The quantitative estimate of drug-likeness (QED) is 0.418. The molecule has 4 aromatic rings. The zero-order chi connectivity index (χ0) is 23.0. The Hall–Kier alpha value is -3.81. The fourth-order valence-electron chi connectivity index (χ4n) is 3.71. The normalized spacial score (nSPS) is 13.8. The second-order valence-corrected chi connectivity index (χ2v) is 9.54. The number of anilines is 1. The van der Waals surface area contributed by atoms with Gasteiger partial charge in [0, 0.05) is 35.8 Å². The van der Waals surface area contributed by atoms with E-state index in [-0.39, 0.29) is 11.3 Å². The zero-order valence-corrected chi connectivity index (χ0v) is 18.8. The number of hydrogen-bond acceptors (Lipinski definition) is 7. The minimum atomic E-state index is -0.237. The molecule has 0 bridgehead atoms. The average molecular weight is 444 g/mol. The van der Waals surface area contributed by atoms with Gasteiger partial charge in [-0.2, -0.15) is 0 Å². The second-order valence-electron chi connectivity index (χ2n) is 9.54. The van der Waals surface area contributed by atoms with Gasteiger partial charge < -0.3 is 14.6 Å². The summed E-state index contributed by atoms with van der Waals surface area (Å²) in [5.74, 6) is 1.06. The highest BCUT2D eigenvalue weighted by molar-refractivity contribution is 6.12. The molecule has 0 unspecified atom stereocenters. The molecule has 0 atom stereocenters. The fourth-order valence-corrected chi connectivity index (χ4v) is 3.71. The molecule has 0 spiro atoms. The predicted octanol–water partition coefficient (Wildman–Crippen LogP) is 5.52. The number of amides is 1. The van der Waals surface area contributed by atoms with E-state index >= 15 is 0 Å². The maximum atomic E-state index is 13.4. The largest absolute Gasteiger partial charge is 0.437 e. The Kier molecular flexibility index (Phi) is 5.28. The van der Waals surface area contributed by atoms with E-state index in [0.29, 0.717) is 46.3 Å². The van der Waals surface area contributed by atoms with Gasteiger partial charge in [0.25, 0.3) is 11.6 Å². The Bertz CT molecular complexity index is 1310. The summed E-state index contributed by atoms with van der Waals surface area (Å²) in [5, 5.41) is 7.93. The lowest BCUT2D eigenvalue weighted by molar-refractivity contribution is 0.102. The molecule has 3 aromatic heterocycles. The highest BCUT2D eigenvalue weighted by atomic mass is 16.5. The van der Waals surface area contributed by atoms with Crippen LogP contribution in [-0.2, 0) is 6.42 Å². The number of rotatable bonds is 6. The summed E-state index contributed by atoms with van der Waals surface area (Å²) in [4.78, 5) is 26.2. The van der Waals surface area contributed by atoms with Crippen molar-refractivity contribution in [3.63, 3.8) is 0 Å². The van der Waals surface area contributed by atoms with Gasteiger partial charge in [-0.15, -0.1) is 0 Å². The molecule has 3 heterocycles. The molecule has 1 aromatic carbocycles. The van der Waals surface area contributed by atoms with Gasteiger partial charge in [-0.3, -0.25) is 9.78 Å². The summed E-state index contributed by atoms with van der Waals surface area (Å²) in [6.45, 7) is 6.38. The number of ether oxygens (including phenoxy) is 1. The highest BCUT2D eigenvalue weighted by Gasteiger charge is 2.30. The van der Waals surface area contributed by atoms with Crippen molar-refractivity contribution >= 4 is 22.7 Å². The maximum Gasteiger partial charge on any atom is 0.259 e. The number of aromatic nitrogens is 4. The fraction of sp³-hybridized carbons (Fsp3) is 0.320. The van der Waals surface area contributed by atoms with E-state index < -0.39 is 0 Å². The maximum absolute atomic E-state index is 13.4. The van der Waals surface area contributed by atoms with E-state index in [2.05, 4.69) is 46.2 Å². The number of carbonyl (C=O) groups is 1. The van der Waals surface area contributed by atoms with Crippen molar-refractivity contribution in [3.8, 4) is 11.6 Å². The summed E-state index contributed by atoms with van der Waals surface area (Å²) < 4.78 is 11.3. The summed E-state index contributed by atoms with van der Waals surface area (Å²) >= 11 is 0. The Morgan fingerprint density at radius 1 is 1.21 bits per heavy atom. The van der Waals surface area contributed by atoms with E-state index in [4.69, 9.17) is 9.26 Å². The first-order chi connectivity index (χ1) is 15.9. The molecule has 1 aliphatic carbocycles. The van der Waals surface area contributed by atoms with Crippen LogP contribution in [0.15, 0.2) is 53.4 Å². The van der Waals surface area contributed by atoms with Crippen LogP contribution in [0.25, 0.3) is 11.1 Å². The molecule has 8 nitrogen and oxygen atoms in total. The van der Waals surface area contributed by atoms with Crippen LogP contribution < -0.4 is 10.1 Å². The third-order valence-corrected chi connectivity index (χ3v) is 5.33. The molecule has 1 fully saturated rings. The number of carbonyl (C=O) groups excluding carboxylic acids is 1. The number of nitrogens with one attached hydrogen (secondary N) is 1. The summed E-state index contributed by atoms with van der Waals surface area (Å²) in [6.07, 6.45) is 7.48. The van der Waals surface area contributed by atoms with Crippen molar-refractivity contribution in [3.05, 3.63) is 65.9 Å². The second kappa shape index (κ2) is 8.27. The van der Waals surface area contributed by atoms with Gasteiger partial charge in [0.1, 0.15) is 5.75 Å². The number of hydrogen-bond donors (Lipinski definition) is 1. The van der Waals surface area contributed by atoms with Gasteiger partial charge in [0.2, 0.25) is 5.88 Å². The third kappa shape index (κ3) is 4.84. The number of pyridine rings is 1. The van der Waals surface area contributed by atoms with Crippen LogP contribution in [0.1, 0.15) is 61.3 Å². The molecule has 5 rings (SSSR count). The van der Waals surface area contributed by atoms with Gasteiger partial charge in [-0.25, -0.2) is 9.97 Å². The van der Waals surface area contributed by atoms with Crippen molar-refractivity contribution in [2.24, 2.45) is 5.41 Å². The van der Waals surface area contributed by atoms with E-state index in [1.165, 1.54) is 6.20 Å². The standard InChI is InChI=1S/C25H25N5O3/c1-25(2,3)13-20-22-18(12-19(15-7-8-15)29-24(22)33-30-20)23(31)28-16-5-4-6-17(11-16)32-21-14-26-9-10-27-21/h4-6,9-12,14-15H,7-8,13H2,1-3H3,(H,28,31). The lowest BCUT2D eigenvalue weighted by atomic mass is 9.89. The number of benzene rings is 1. The van der Waals surface area contributed by atoms with E-state index in [1.54, 1.807) is 24.5 Å². The predicted molar refractivity (Wildman–Crippen MR) is 123 cm³/mol. The Morgan fingerprint density at radius 2 is 2.06 bits per heavy atom. The minimum Gasteiger partial charge on any atom is -0.437 e. The Morgan fingerprint density at radius 3 is 2.79 bits per heavy atom. The van der Waals surface area contributed by atoms with E-state index in [1.807, 2.05) is 18.2 Å². The van der Waals surface area contributed by atoms with Crippen molar-refractivity contribution in [1.82, 2.24) is 20.1 Å². The molecule has 8 heteroatoms. The molecule has 0 aliphatic heterocycles. The van der Waals surface area contributed by atoms with Crippen molar-refractivity contribution in [1.29, 1.82) is 0 Å². The molecule has 0 saturated heterocycles. The summed E-state index contributed by atoms with van der Waals surface area (Å²) in [5.41, 5.74) is 3.17. The lowest BCUT2D eigenvalue weighted by Crippen LogP contribution is -2.15. The SMILES string of the molecule is CC(C)(C)Cc1noc2nc(C3CC3)cc(C(=O)Nc3cccc(Oc4cnccn4)c3)c12. The first kappa shape index (κ1) is 21.1. The molecule has 168 valence electrons. The topological polar surface area (TPSA) is 103 Å². The van der Waals surface area contributed by atoms with Crippen molar-refractivity contribution in [2.45, 2.75) is 46.0 Å². The molecular formula is C25H25N5O3. The van der Waals surface area contributed by atoms with Crippen LogP contribution in [0.3, 0.4) is 0 Å². The van der Waals surface area contributed by atoms with E-state index in [9.17, 15) is 4.79 Å². The smallest absolute Gasteiger partial charge is 0.259 e. The van der Waals surface area contributed by atoms with Gasteiger partial charge in [0.15, 0.2) is 0 Å². The minimum absolute atomic E-state index is 0.0152. The Labute approximate surface area is 191 Å². The zero-order valence-electron chi connectivity index (χ0n) is 18.8.